The van der Waals surface area contributed by atoms with E-state index in [1.165, 1.54) is 61.6 Å². The Hall–Kier alpha value is -7.40. The monoisotopic (exact) mass is 867 g/mol. The summed E-state index contributed by atoms with van der Waals surface area (Å²) < 4.78 is 0. The van der Waals surface area contributed by atoms with Crippen molar-refractivity contribution in [1.82, 2.24) is 4.98 Å². The highest BCUT2D eigenvalue weighted by atomic mass is 35.5. The van der Waals surface area contributed by atoms with Gasteiger partial charge in [-0.15, -0.1) is 12.4 Å². The Labute approximate surface area is 390 Å². The molecule has 0 amide bonds. The lowest BCUT2D eigenvalue weighted by atomic mass is 9.82. The summed E-state index contributed by atoms with van der Waals surface area (Å²) in [6.45, 7) is 11.4. The van der Waals surface area contributed by atoms with Crippen LogP contribution in [0.2, 0.25) is 0 Å². The average molecular weight is 869 g/mol. The minimum Gasteiger partial charge on any atom is -0.508 e. The molecule has 0 spiro atoms. The number of para-hydroxylation sites is 4. The van der Waals surface area contributed by atoms with E-state index in [0.29, 0.717) is 5.75 Å². The molecule has 322 valence electrons. The van der Waals surface area contributed by atoms with Crippen molar-refractivity contribution in [2.24, 2.45) is 0 Å². The maximum absolute atomic E-state index is 10.0. The van der Waals surface area contributed by atoms with Crippen LogP contribution in [0.15, 0.2) is 225 Å². The molecule has 11 rings (SSSR count). The highest BCUT2D eigenvalue weighted by Crippen LogP contribution is 2.52. The summed E-state index contributed by atoms with van der Waals surface area (Å²) in [5.41, 5.74) is 18.5. The first kappa shape index (κ1) is 44.2. The summed E-state index contributed by atoms with van der Waals surface area (Å²) in [4.78, 5) is 8.41. The van der Waals surface area contributed by atoms with E-state index in [1.807, 2.05) is 36.4 Å². The molecule has 0 bridgehead atoms. The van der Waals surface area contributed by atoms with Crippen LogP contribution in [0, 0.1) is 6.92 Å². The number of aromatic nitrogens is 1. The Bertz CT molecular complexity index is 2710. The number of aromatic hydroxyl groups is 1. The Morgan fingerprint density at radius 3 is 1.09 bits per heavy atom. The van der Waals surface area contributed by atoms with E-state index in [1.54, 1.807) is 18.5 Å². The molecule has 4 nitrogen and oxygen atoms in total. The van der Waals surface area contributed by atoms with Gasteiger partial charge in [-0.25, -0.2) is 0 Å². The number of halogens is 1. The van der Waals surface area contributed by atoms with Crippen molar-refractivity contribution in [2.75, 3.05) is 9.80 Å². The summed E-state index contributed by atoms with van der Waals surface area (Å²) in [7, 11) is 0. The van der Waals surface area contributed by atoms with Gasteiger partial charge in [-0.1, -0.05) is 149 Å². The minimum absolute atomic E-state index is 0. The van der Waals surface area contributed by atoms with Gasteiger partial charge in [0.05, 0.1) is 0 Å². The van der Waals surface area contributed by atoms with Crippen molar-refractivity contribution in [3.63, 3.8) is 0 Å². The van der Waals surface area contributed by atoms with Crippen LogP contribution >= 0.6 is 12.4 Å². The molecule has 8 aromatic carbocycles. The van der Waals surface area contributed by atoms with Crippen molar-refractivity contribution in [3.8, 4) is 28.0 Å². The number of pyridine rings is 1. The molecule has 65 heavy (non-hydrogen) atoms. The molecule has 0 saturated heterocycles. The van der Waals surface area contributed by atoms with Crippen LogP contribution in [-0.4, -0.2) is 10.1 Å². The fourth-order valence-corrected chi connectivity index (χ4v) is 9.38. The van der Waals surface area contributed by atoms with Gasteiger partial charge < -0.3 is 14.9 Å². The van der Waals surface area contributed by atoms with Gasteiger partial charge in [0.1, 0.15) is 5.75 Å². The number of fused-ring (bicyclic) bond motifs is 6. The molecule has 5 heteroatoms. The first-order valence-electron chi connectivity index (χ1n) is 22.0. The van der Waals surface area contributed by atoms with Crippen molar-refractivity contribution in [1.29, 1.82) is 0 Å². The third-order valence-electron chi connectivity index (χ3n) is 12.6. The zero-order valence-corrected chi connectivity index (χ0v) is 38.4. The van der Waals surface area contributed by atoms with Gasteiger partial charge in [-0.3, -0.25) is 4.98 Å². The van der Waals surface area contributed by atoms with Gasteiger partial charge in [0.25, 0.3) is 0 Å². The Morgan fingerprint density at radius 1 is 0.354 bits per heavy atom. The standard InChI is InChI=1S/C28H25N.C27H23NO.C5H5N.ClH/c1-20-14-17-26-25(18-20)24-16-15-23(19-27(24)28(26,2)3)29(21-10-6-4-7-11-21)22-12-8-5-9-13-22;1-27(2)25-16-14-22(29)18-24(25)23-15-13-21(17-26(23)27)28(19-9-5-3-6-10-19)20-11-7-4-8-12-20;1-2-4-6-5-3-1;/h4-19H,1-3H3;3-18,29H,1-2H3;1-5H;1H. The van der Waals surface area contributed by atoms with Crippen LogP contribution in [0.3, 0.4) is 0 Å². The van der Waals surface area contributed by atoms with E-state index in [0.717, 1.165) is 22.6 Å². The van der Waals surface area contributed by atoms with E-state index < -0.39 is 0 Å². The third-order valence-corrected chi connectivity index (χ3v) is 12.6. The molecular weight excluding hydrogens is 814 g/mol. The molecule has 1 aromatic heterocycles. The molecule has 0 aliphatic heterocycles. The Kier molecular flexibility index (Phi) is 12.8. The molecule has 2 aliphatic carbocycles. The first-order valence-corrected chi connectivity index (χ1v) is 22.0. The van der Waals surface area contributed by atoms with Crippen LogP contribution in [-0.2, 0) is 10.8 Å². The summed E-state index contributed by atoms with van der Waals surface area (Å²) in [5, 5.41) is 10.0. The topological polar surface area (TPSA) is 39.6 Å². The lowest BCUT2D eigenvalue weighted by Gasteiger charge is -2.28. The molecular formula is C60H54ClN3O. The normalized spacial score (nSPS) is 12.9. The van der Waals surface area contributed by atoms with E-state index in [2.05, 4.69) is 219 Å². The largest absolute Gasteiger partial charge is 0.508 e. The Balaban J connectivity index is 0.000000155. The SMILES string of the molecule is CC1(C)c2ccc(O)cc2-c2ccc(N(c3ccccc3)c3ccccc3)cc21.Cc1ccc2c(c1)-c1ccc(N(c3ccccc3)c3ccccc3)cc1C2(C)C.Cl.c1ccncc1. The van der Waals surface area contributed by atoms with Crippen molar-refractivity contribution in [2.45, 2.75) is 45.4 Å². The van der Waals surface area contributed by atoms with Crippen molar-refractivity contribution >= 4 is 46.5 Å². The number of anilines is 6. The number of phenolic OH excluding ortho intramolecular Hbond substituents is 1. The van der Waals surface area contributed by atoms with E-state index in [-0.39, 0.29) is 23.2 Å². The Morgan fingerprint density at radius 2 is 0.723 bits per heavy atom. The smallest absolute Gasteiger partial charge is 0.116 e. The van der Waals surface area contributed by atoms with Gasteiger partial charge in [0.15, 0.2) is 0 Å². The number of nitrogens with zero attached hydrogens (tertiary/aromatic N) is 3. The lowest BCUT2D eigenvalue weighted by molar-refractivity contribution is 0.475. The van der Waals surface area contributed by atoms with Gasteiger partial charge in [-0.05, 0) is 148 Å². The quantitative estimate of drug-likeness (QED) is 0.181. The predicted octanol–water partition coefficient (Wildman–Crippen LogP) is 16.4. The molecule has 9 aromatic rings. The van der Waals surface area contributed by atoms with Crippen LogP contribution < -0.4 is 9.80 Å². The van der Waals surface area contributed by atoms with Crippen LogP contribution in [0.25, 0.3) is 22.3 Å². The molecule has 0 saturated carbocycles. The maximum Gasteiger partial charge on any atom is 0.116 e. The number of aryl methyl sites for hydroxylation is 1. The van der Waals surface area contributed by atoms with E-state index >= 15 is 0 Å². The van der Waals surface area contributed by atoms with Crippen LogP contribution in [0.1, 0.15) is 55.5 Å². The van der Waals surface area contributed by atoms with Crippen LogP contribution in [0.5, 0.6) is 5.75 Å². The van der Waals surface area contributed by atoms with Gasteiger partial charge in [0.2, 0.25) is 0 Å². The molecule has 0 fully saturated rings. The minimum atomic E-state index is -0.118. The highest BCUT2D eigenvalue weighted by Gasteiger charge is 2.37. The first-order chi connectivity index (χ1) is 31.1. The molecule has 0 unspecified atom stereocenters. The zero-order valence-electron chi connectivity index (χ0n) is 37.6. The summed E-state index contributed by atoms with van der Waals surface area (Å²) >= 11 is 0. The van der Waals surface area contributed by atoms with Crippen LogP contribution in [0.4, 0.5) is 34.1 Å². The second-order valence-corrected chi connectivity index (χ2v) is 17.5. The maximum atomic E-state index is 10.0. The zero-order chi connectivity index (χ0) is 44.3. The van der Waals surface area contributed by atoms with Gasteiger partial charge in [-0.2, -0.15) is 0 Å². The fraction of sp³-hybridized carbons (Fsp3) is 0.117. The van der Waals surface area contributed by atoms with Gasteiger partial charge >= 0.3 is 0 Å². The second kappa shape index (κ2) is 18.8. The van der Waals surface area contributed by atoms with E-state index in [4.69, 9.17) is 0 Å². The van der Waals surface area contributed by atoms with Crippen molar-refractivity contribution < 1.29 is 5.11 Å². The summed E-state index contributed by atoms with van der Waals surface area (Å²) in [6.07, 6.45) is 3.50. The predicted molar refractivity (Wildman–Crippen MR) is 275 cm³/mol. The summed E-state index contributed by atoms with van der Waals surface area (Å²) in [5.74, 6) is 0.312. The number of rotatable bonds is 6. The average Bonchev–Trinajstić information content (AvgIpc) is 3.69. The molecule has 2 aliphatic rings. The molecule has 0 radical (unpaired) electrons. The summed E-state index contributed by atoms with van der Waals surface area (Å²) in [6, 6.07) is 74.0. The number of phenols is 1. The molecule has 0 atom stereocenters. The van der Waals surface area contributed by atoms with E-state index in [9.17, 15) is 5.11 Å². The highest BCUT2D eigenvalue weighted by molar-refractivity contribution is 5.87. The molecule has 1 N–H and O–H groups in total. The lowest BCUT2D eigenvalue weighted by Crippen LogP contribution is -2.16. The number of hydrogen-bond acceptors (Lipinski definition) is 4. The fourth-order valence-electron chi connectivity index (χ4n) is 9.38. The number of benzene rings is 8. The van der Waals surface area contributed by atoms with Gasteiger partial charge in [0, 0.05) is 57.3 Å². The van der Waals surface area contributed by atoms with Crippen molar-refractivity contribution in [3.05, 3.63) is 253 Å². The molecule has 1 heterocycles. The second-order valence-electron chi connectivity index (χ2n) is 17.5. The third kappa shape index (κ3) is 8.78. The number of hydrogen-bond donors (Lipinski definition) is 1.